The largest absolute Gasteiger partial charge is 0.491 e. The van der Waals surface area contributed by atoms with E-state index in [-0.39, 0.29) is 5.91 Å². The number of nitrogens with zero attached hydrogens (tertiary/aromatic N) is 1. The van der Waals surface area contributed by atoms with E-state index in [2.05, 4.69) is 5.32 Å². The highest BCUT2D eigenvalue weighted by molar-refractivity contribution is 5.96. The highest BCUT2D eigenvalue weighted by atomic mass is 16.5. The second kappa shape index (κ2) is 12.0. The Bertz CT molecular complexity index is 777. The number of nitrogens with one attached hydrogen (secondary N) is 1. The molecule has 6 heteroatoms. The molecule has 6 nitrogen and oxygen atoms in total. The first-order valence-electron chi connectivity index (χ1n) is 10.1. The van der Waals surface area contributed by atoms with E-state index in [1.54, 1.807) is 6.07 Å². The maximum absolute atomic E-state index is 12.6. The van der Waals surface area contributed by atoms with Gasteiger partial charge in [-0.25, -0.2) is 0 Å². The number of hydrogen-bond acceptors (Lipinski definition) is 5. The van der Waals surface area contributed by atoms with Crippen LogP contribution in [0.2, 0.25) is 0 Å². The molecular weight excluding hydrogens is 368 g/mol. The van der Waals surface area contributed by atoms with Crippen LogP contribution in [0.15, 0.2) is 42.5 Å². The smallest absolute Gasteiger partial charge is 0.255 e. The molecule has 0 heterocycles. The average Bonchev–Trinajstić information content (AvgIpc) is 2.70. The Hall–Kier alpha value is -2.73. The number of amides is 1. The number of carbonyl (C=O) groups excluding carboxylic acids is 1. The molecule has 2 rings (SSSR count). The highest BCUT2D eigenvalue weighted by Gasteiger charge is 2.12. The minimum absolute atomic E-state index is 0.138. The summed E-state index contributed by atoms with van der Waals surface area (Å²) in [5.74, 6) is 1.94. The van der Waals surface area contributed by atoms with Gasteiger partial charge >= 0.3 is 0 Å². The number of hydrogen-bond donors (Lipinski definition) is 1. The van der Waals surface area contributed by atoms with Crippen molar-refractivity contribution < 1.29 is 19.0 Å². The van der Waals surface area contributed by atoms with Crippen LogP contribution in [-0.4, -0.2) is 57.8 Å². The minimum atomic E-state index is -0.138. The van der Waals surface area contributed by atoms with Crippen LogP contribution in [0.5, 0.6) is 17.2 Å². The maximum Gasteiger partial charge on any atom is 0.255 e. The van der Waals surface area contributed by atoms with Gasteiger partial charge in [0.05, 0.1) is 18.8 Å². The van der Waals surface area contributed by atoms with Gasteiger partial charge in [0.1, 0.15) is 12.4 Å². The number of likely N-dealkylation sites (N-methyl/N-ethyl adjacent to an activating group) is 1. The van der Waals surface area contributed by atoms with Crippen molar-refractivity contribution in [2.45, 2.75) is 20.3 Å². The van der Waals surface area contributed by atoms with E-state index >= 15 is 0 Å². The summed E-state index contributed by atoms with van der Waals surface area (Å²) in [6.45, 7) is 6.89. The third-order valence-corrected chi connectivity index (χ3v) is 4.23. The van der Waals surface area contributed by atoms with Crippen molar-refractivity contribution in [3.8, 4) is 17.2 Å². The summed E-state index contributed by atoms with van der Waals surface area (Å²) in [5.41, 5.74) is 1.63. The molecule has 0 aliphatic rings. The quantitative estimate of drug-likeness (QED) is 0.592. The monoisotopic (exact) mass is 400 g/mol. The lowest BCUT2D eigenvalue weighted by Gasteiger charge is -2.14. The molecule has 1 N–H and O–H groups in total. The molecule has 0 radical (unpaired) electrons. The van der Waals surface area contributed by atoms with Crippen LogP contribution >= 0.6 is 0 Å². The fourth-order valence-corrected chi connectivity index (χ4v) is 2.78. The topological polar surface area (TPSA) is 60.0 Å². The van der Waals surface area contributed by atoms with Crippen molar-refractivity contribution in [1.82, 2.24) is 10.2 Å². The summed E-state index contributed by atoms with van der Waals surface area (Å²) in [5, 5.41) is 2.98. The number of para-hydroxylation sites is 1. The molecule has 158 valence electrons. The number of carbonyl (C=O) groups is 1. The molecule has 0 fully saturated rings. The fourth-order valence-electron chi connectivity index (χ4n) is 2.78. The molecule has 2 aromatic carbocycles. The van der Waals surface area contributed by atoms with Gasteiger partial charge in [-0.05, 0) is 64.2 Å². The Morgan fingerprint density at radius 2 is 1.66 bits per heavy atom. The van der Waals surface area contributed by atoms with Crippen molar-refractivity contribution >= 4 is 5.91 Å². The van der Waals surface area contributed by atoms with Crippen LogP contribution < -0.4 is 19.5 Å². The van der Waals surface area contributed by atoms with Crippen LogP contribution in [0.4, 0.5) is 0 Å². The standard InChI is InChI=1S/C23H32N2O4/c1-5-27-21-12-11-18(17-22(21)28-6-2)13-14-24-23(26)19-9-7-8-10-20(19)29-16-15-25(3)4/h7-12,17H,5-6,13-16H2,1-4H3,(H,24,26). The van der Waals surface area contributed by atoms with Gasteiger partial charge in [-0.3, -0.25) is 4.79 Å². The van der Waals surface area contributed by atoms with Gasteiger partial charge in [-0.2, -0.15) is 0 Å². The molecule has 0 unspecified atom stereocenters. The van der Waals surface area contributed by atoms with E-state index in [1.165, 1.54) is 0 Å². The summed E-state index contributed by atoms with van der Waals surface area (Å²) >= 11 is 0. The summed E-state index contributed by atoms with van der Waals surface area (Å²) in [7, 11) is 3.97. The lowest BCUT2D eigenvalue weighted by Crippen LogP contribution is -2.26. The molecule has 0 aliphatic heterocycles. The maximum atomic E-state index is 12.6. The van der Waals surface area contributed by atoms with Gasteiger partial charge in [0.25, 0.3) is 5.91 Å². The predicted octanol–water partition coefficient (Wildman–Crippen LogP) is 3.40. The fraction of sp³-hybridized carbons (Fsp3) is 0.435. The second-order valence-corrected chi connectivity index (χ2v) is 6.80. The lowest BCUT2D eigenvalue weighted by atomic mass is 10.1. The molecule has 0 aliphatic carbocycles. The molecule has 0 bridgehead atoms. The number of benzene rings is 2. The Balaban J connectivity index is 1.94. The Kier molecular flexibility index (Phi) is 9.31. The molecule has 2 aromatic rings. The van der Waals surface area contributed by atoms with Crippen molar-refractivity contribution in [3.63, 3.8) is 0 Å². The first-order chi connectivity index (χ1) is 14.0. The molecule has 1 amide bonds. The van der Waals surface area contributed by atoms with Crippen LogP contribution in [0.1, 0.15) is 29.8 Å². The Morgan fingerprint density at radius 3 is 2.38 bits per heavy atom. The van der Waals surface area contributed by atoms with Gasteiger partial charge in [0.15, 0.2) is 11.5 Å². The Morgan fingerprint density at radius 1 is 0.931 bits per heavy atom. The zero-order valence-corrected chi connectivity index (χ0v) is 17.9. The summed E-state index contributed by atoms with van der Waals surface area (Å²) in [6.07, 6.45) is 0.696. The van der Waals surface area contributed by atoms with Crippen LogP contribution in [0.25, 0.3) is 0 Å². The van der Waals surface area contributed by atoms with E-state index in [1.807, 2.05) is 69.2 Å². The van der Waals surface area contributed by atoms with Crippen molar-refractivity contribution in [2.24, 2.45) is 0 Å². The third-order valence-electron chi connectivity index (χ3n) is 4.23. The molecule has 0 aromatic heterocycles. The second-order valence-electron chi connectivity index (χ2n) is 6.80. The van der Waals surface area contributed by atoms with E-state index in [4.69, 9.17) is 14.2 Å². The van der Waals surface area contributed by atoms with Gasteiger partial charge in [-0.15, -0.1) is 0 Å². The molecule has 0 spiro atoms. The molecule has 29 heavy (non-hydrogen) atoms. The molecule has 0 saturated carbocycles. The van der Waals surface area contributed by atoms with Gasteiger partial charge < -0.3 is 24.4 Å². The minimum Gasteiger partial charge on any atom is -0.491 e. The zero-order chi connectivity index (χ0) is 21.1. The normalized spacial score (nSPS) is 10.7. The first kappa shape index (κ1) is 22.6. The average molecular weight is 401 g/mol. The zero-order valence-electron chi connectivity index (χ0n) is 17.9. The van der Waals surface area contributed by atoms with Crippen molar-refractivity contribution in [2.75, 3.05) is 47.0 Å². The van der Waals surface area contributed by atoms with Crippen LogP contribution in [0, 0.1) is 0 Å². The number of ether oxygens (including phenoxy) is 3. The van der Waals surface area contributed by atoms with Crippen LogP contribution in [-0.2, 0) is 6.42 Å². The summed E-state index contributed by atoms with van der Waals surface area (Å²) in [4.78, 5) is 14.7. The van der Waals surface area contributed by atoms with Crippen molar-refractivity contribution in [1.29, 1.82) is 0 Å². The summed E-state index contributed by atoms with van der Waals surface area (Å²) < 4.78 is 17.0. The third kappa shape index (κ3) is 7.31. The molecule has 0 saturated heterocycles. The van der Waals surface area contributed by atoms with E-state index in [9.17, 15) is 4.79 Å². The van der Waals surface area contributed by atoms with Crippen LogP contribution in [0.3, 0.4) is 0 Å². The highest BCUT2D eigenvalue weighted by Crippen LogP contribution is 2.28. The SMILES string of the molecule is CCOc1ccc(CCNC(=O)c2ccccc2OCCN(C)C)cc1OCC. The summed E-state index contributed by atoms with van der Waals surface area (Å²) in [6, 6.07) is 13.2. The van der Waals surface area contributed by atoms with E-state index in [0.717, 1.165) is 23.6 Å². The molecular formula is C23H32N2O4. The predicted molar refractivity (Wildman–Crippen MR) is 115 cm³/mol. The Labute approximate surface area is 173 Å². The first-order valence-corrected chi connectivity index (χ1v) is 10.1. The van der Waals surface area contributed by atoms with E-state index in [0.29, 0.717) is 44.1 Å². The van der Waals surface area contributed by atoms with Gasteiger partial charge in [-0.1, -0.05) is 18.2 Å². The van der Waals surface area contributed by atoms with Gasteiger partial charge in [0, 0.05) is 13.1 Å². The van der Waals surface area contributed by atoms with Gasteiger partial charge in [0.2, 0.25) is 0 Å². The molecule has 0 atom stereocenters. The van der Waals surface area contributed by atoms with E-state index < -0.39 is 0 Å². The lowest BCUT2D eigenvalue weighted by molar-refractivity contribution is 0.0949. The van der Waals surface area contributed by atoms with Crippen molar-refractivity contribution in [3.05, 3.63) is 53.6 Å². The number of rotatable bonds is 12.